The van der Waals surface area contributed by atoms with E-state index in [1.807, 2.05) is 38.1 Å². The molecule has 2 aromatic rings. The maximum Gasteiger partial charge on any atom is 0.416 e. The lowest BCUT2D eigenvalue weighted by Gasteiger charge is -2.24. The topological polar surface area (TPSA) is 66.5 Å². The van der Waals surface area contributed by atoms with Gasteiger partial charge in [0.2, 0.25) is 15.9 Å². The molecule has 0 aromatic heterocycles. The minimum atomic E-state index is -4.62. The molecular weight excluding hydrogens is 405 g/mol. The van der Waals surface area contributed by atoms with Gasteiger partial charge < -0.3 is 5.32 Å². The highest BCUT2D eigenvalue weighted by molar-refractivity contribution is 7.92. The van der Waals surface area contributed by atoms with Gasteiger partial charge in [0.05, 0.1) is 23.5 Å². The lowest BCUT2D eigenvalue weighted by atomic mass is 10.0. The Labute approximate surface area is 168 Å². The summed E-state index contributed by atoms with van der Waals surface area (Å²) >= 11 is 0. The third kappa shape index (κ3) is 6.22. The van der Waals surface area contributed by atoms with E-state index in [2.05, 4.69) is 5.32 Å². The number of rotatable bonds is 7. The highest BCUT2D eigenvalue weighted by Gasteiger charge is 2.32. The number of carbonyl (C=O) groups excluding carboxylic acids is 1. The molecule has 9 heteroatoms. The zero-order chi connectivity index (χ0) is 21.8. The largest absolute Gasteiger partial charge is 0.416 e. The van der Waals surface area contributed by atoms with Gasteiger partial charge in [-0.15, -0.1) is 0 Å². The monoisotopic (exact) mass is 428 g/mol. The van der Waals surface area contributed by atoms with Crippen molar-refractivity contribution in [3.8, 4) is 0 Å². The highest BCUT2D eigenvalue weighted by atomic mass is 32.2. The van der Waals surface area contributed by atoms with Crippen molar-refractivity contribution in [1.29, 1.82) is 0 Å². The van der Waals surface area contributed by atoms with Gasteiger partial charge in [-0.05, 0) is 37.1 Å². The molecule has 2 rings (SSSR count). The standard InChI is InChI=1S/C20H23F3N2O3S/c1-4-18(15-10-8-14(2)9-11-15)24-19(26)13-25(29(3,27)28)17-7-5-6-16(12-17)20(21,22)23/h5-12,18H,4,13H2,1-3H3,(H,24,26)/t18-/m0/s1. The van der Waals surface area contributed by atoms with Crippen LogP contribution in [-0.2, 0) is 21.0 Å². The van der Waals surface area contributed by atoms with E-state index in [4.69, 9.17) is 0 Å². The summed E-state index contributed by atoms with van der Waals surface area (Å²) in [6, 6.07) is 11.1. The second-order valence-electron chi connectivity index (χ2n) is 6.76. The molecule has 0 bridgehead atoms. The van der Waals surface area contributed by atoms with Crippen LogP contribution in [0.5, 0.6) is 0 Å². The van der Waals surface area contributed by atoms with E-state index in [9.17, 15) is 26.4 Å². The number of hydrogen-bond acceptors (Lipinski definition) is 3. The van der Waals surface area contributed by atoms with Gasteiger partial charge in [-0.25, -0.2) is 8.42 Å². The quantitative estimate of drug-likeness (QED) is 0.724. The molecule has 0 aliphatic carbocycles. The van der Waals surface area contributed by atoms with Crippen molar-refractivity contribution in [2.45, 2.75) is 32.5 Å². The van der Waals surface area contributed by atoms with Crippen molar-refractivity contribution in [3.63, 3.8) is 0 Å². The fourth-order valence-electron chi connectivity index (χ4n) is 2.83. The summed E-state index contributed by atoms with van der Waals surface area (Å²) < 4.78 is 63.9. The average Bonchev–Trinajstić information content (AvgIpc) is 2.63. The van der Waals surface area contributed by atoms with Crippen molar-refractivity contribution in [2.75, 3.05) is 17.1 Å². The summed E-state index contributed by atoms with van der Waals surface area (Å²) in [4.78, 5) is 12.5. The minimum Gasteiger partial charge on any atom is -0.348 e. The minimum absolute atomic E-state index is 0.221. The van der Waals surface area contributed by atoms with Crippen molar-refractivity contribution >= 4 is 21.6 Å². The van der Waals surface area contributed by atoms with Gasteiger partial charge in [-0.2, -0.15) is 13.2 Å². The fourth-order valence-corrected chi connectivity index (χ4v) is 3.68. The molecule has 1 atom stereocenters. The first-order valence-electron chi connectivity index (χ1n) is 8.92. The van der Waals surface area contributed by atoms with Crippen LogP contribution in [0.15, 0.2) is 48.5 Å². The molecule has 0 unspecified atom stereocenters. The molecule has 5 nitrogen and oxygen atoms in total. The Morgan fingerprint density at radius 3 is 2.28 bits per heavy atom. The number of aryl methyl sites for hydroxylation is 1. The van der Waals surface area contributed by atoms with Crippen LogP contribution in [0, 0.1) is 6.92 Å². The van der Waals surface area contributed by atoms with Crippen LogP contribution in [0.2, 0.25) is 0 Å². The zero-order valence-electron chi connectivity index (χ0n) is 16.3. The summed E-state index contributed by atoms with van der Waals surface area (Å²) in [5.41, 5.74) is 0.704. The summed E-state index contributed by atoms with van der Waals surface area (Å²) in [7, 11) is -3.98. The molecule has 0 saturated heterocycles. The van der Waals surface area contributed by atoms with E-state index in [-0.39, 0.29) is 11.7 Å². The summed E-state index contributed by atoms with van der Waals surface area (Å²) in [6.07, 6.45) is -3.21. The van der Waals surface area contributed by atoms with Crippen LogP contribution in [0.25, 0.3) is 0 Å². The number of nitrogens with one attached hydrogen (secondary N) is 1. The lowest BCUT2D eigenvalue weighted by Crippen LogP contribution is -2.41. The SMILES string of the molecule is CC[C@H](NC(=O)CN(c1cccc(C(F)(F)F)c1)S(C)(=O)=O)c1ccc(C)cc1. The number of anilines is 1. The van der Waals surface area contributed by atoms with E-state index in [0.717, 1.165) is 29.5 Å². The molecule has 0 aliphatic rings. The highest BCUT2D eigenvalue weighted by Crippen LogP contribution is 2.32. The van der Waals surface area contributed by atoms with Gasteiger partial charge in [0.1, 0.15) is 6.54 Å². The van der Waals surface area contributed by atoms with Gasteiger partial charge in [0.25, 0.3) is 0 Å². The average molecular weight is 428 g/mol. The van der Waals surface area contributed by atoms with E-state index < -0.39 is 34.2 Å². The third-order valence-electron chi connectivity index (χ3n) is 4.37. The number of sulfonamides is 1. The normalized spacial score (nSPS) is 13.0. The maximum absolute atomic E-state index is 13.0. The van der Waals surface area contributed by atoms with Crippen LogP contribution < -0.4 is 9.62 Å². The molecule has 0 saturated carbocycles. The Bertz CT molecular complexity index is 958. The number of benzene rings is 2. The number of halogens is 3. The lowest BCUT2D eigenvalue weighted by molar-refractivity contribution is -0.137. The molecule has 0 heterocycles. The first-order valence-corrected chi connectivity index (χ1v) is 10.8. The Balaban J connectivity index is 2.24. The van der Waals surface area contributed by atoms with E-state index in [1.54, 1.807) is 0 Å². The molecular formula is C20H23F3N2O3S. The zero-order valence-corrected chi connectivity index (χ0v) is 17.1. The van der Waals surface area contributed by atoms with Gasteiger partial charge >= 0.3 is 6.18 Å². The summed E-state index contributed by atoms with van der Waals surface area (Å²) in [6.45, 7) is 3.18. The van der Waals surface area contributed by atoms with Crippen molar-refractivity contribution in [3.05, 3.63) is 65.2 Å². The molecule has 0 radical (unpaired) electrons. The maximum atomic E-state index is 13.0. The Morgan fingerprint density at radius 2 is 1.76 bits per heavy atom. The first-order chi connectivity index (χ1) is 13.4. The molecule has 158 valence electrons. The Morgan fingerprint density at radius 1 is 1.14 bits per heavy atom. The van der Waals surface area contributed by atoms with E-state index >= 15 is 0 Å². The van der Waals surface area contributed by atoms with Gasteiger partial charge in [-0.1, -0.05) is 42.8 Å². The third-order valence-corrected chi connectivity index (χ3v) is 5.51. The van der Waals surface area contributed by atoms with Gasteiger partial charge in [0.15, 0.2) is 0 Å². The smallest absolute Gasteiger partial charge is 0.348 e. The predicted octanol–water partition coefficient (Wildman–Crippen LogP) is 4.05. The summed E-state index contributed by atoms with van der Waals surface area (Å²) in [5.74, 6) is -0.611. The molecule has 0 aliphatic heterocycles. The Hall–Kier alpha value is -2.55. The first kappa shape index (κ1) is 22.7. The van der Waals surface area contributed by atoms with Gasteiger partial charge in [0, 0.05) is 0 Å². The van der Waals surface area contributed by atoms with E-state index in [1.165, 1.54) is 6.07 Å². The number of hydrogen-bond donors (Lipinski definition) is 1. The predicted molar refractivity (Wildman–Crippen MR) is 106 cm³/mol. The van der Waals surface area contributed by atoms with Crippen LogP contribution >= 0.6 is 0 Å². The summed E-state index contributed by atoms with van der Waals surface area (Å²) in [5, 5.41) is 2.75. The number of amides is 1. The molecule has 0 spiro atoms. The molecule has 2 aromatic carbocycles. The van der Waals surface area contributed by atoms with Crippen molar-refractivity contribution in [1.82, 2.24) is 5.32 Å². The molecule has 29 heavy (non-hydrogen) atoms. The van der Waals surface area contributed by atoms with Crippen molar-refractivity contribution < 1.29 is 26.4 Å². The van der Waals surface area contributed by atoms with Crippen LogP contribution in [0.3, 0.4) is 0 Å². The number of alkyl halides is 3. The Kier molecular flexibility index (Phi) is 6.94. The van der Waals surface area contributed by atoms with E-state index in [0.29, 0.717) is 16.8 Å². The molecule has 1 N–H and O–H groups in total. The second kappa shape index (κ2) is 8.86. The van der Waals surface area contributed by atoms with Crippen LogP contribution in [0.1, 0.15) is 36.1 Å². The van der Waals surface area contributed by atoms with Crippen LogP contribution in [-0.4, -0.2) is 27.1 Å². The number of carbonyl (C=O) groups is 1. The molecule has 1 amide bonds. The van der Waals surface area contributed by atoms with Gasteiger partial charge in [-0.3, -0.25) is 9.10 Å². The van der Waals surface area contributed by atoms with Crippen LogP contribution in [0.4, 0.5) is 18.9 Å². The van der Waals surface area contributed by atoms with Crippen molar-refractivity contribution in [2.24, 2.45) is 0 Å². The molecule has 0 fully saturated rings. The second-order valence-corrected chi connectivity index (χ2v) is 8.66. The fraction of sp³-hybridized carbons (Fsp3) is 0.350. The number of nitrogens with zero attached hydrogens (tertiary/aromatic N) is 1.